The first-order valence-corrected chi connectivity index (χ1v) is 8.95. The van der Waals surface area contributed by atoms with Gasteiger partial charge in [-0.1, -0.05) is 0 Å². The SMILES string of the molecule is Cc1cc2c(C(F)(F)F)cc(=O)[nH]c2cc1N1C(=O)C2C3CCC(O3)C2C1=O. The van der Waals surface area contributed by atoms with Crippen molar-refractivity contribution in [2.24, 2.45) is 11.8 Å². The van der Waals surface area contributed by atoms with Crippen molar-refractivity contribution >= 4 is 28.4 Å². The van der Waals surface area contributed by atoms with Crippen LogP contribution in [0.2, 0.25) is 0 Å². The first kappa shape index (κ1) is 17.4. The van der Waals surface area contributed by atoms with Gasteiger partial charge in [-0.3, -0.25) is 14.4 Å². The molecule has 2 amide bonds. The summed E-state index contributed by atoms with van der Waals surface area (Å²) >= 11 is 0. The number of fused-ring (bicyclic) bond motifs is 6. The van der Waals surface area contributed by atoms with E-state index in [1.165, 1.54) is 12.1 Å². The van der Waals surface area contributed by atoms with E-state index in [4.69, 9.17) is 4.74 Å². The summed E-state index contributed by atoms with van der Waals surface area (Å²) < 4.78 is 45.6. The van der Waals surface area contributed by atoms with Gasteiger partial charge in [-0.2, -0.15) is 13.2 Å². The molecule has 1 N–H and O–H groups in total. The number of anilines is 1. The number of carbonyl (C=O) groups excluding carboxylic acids is 2. The number of hydrogen-bond acceptors (Lipinski definition) is 4. The number of pyridine rings is 1. The predicted octanol–water partition coefficient (Wildman–Crippen LogP) is 2.52. The van der Waals surface area contributed by atoms with Crippen LogP contribution in [0.25, 0.3) is 10.9 Å². The zero-order chi connectivity index (χ0) is 20.0. The molecule has 1 aromatic carbocycles. The lowest BCUT2D eigenvalue weighted by atomic mass is 9.81. The number of amides is 2. The average Bonchev–Trinajstić information content (AvgIpc) is 3.28. The van der Waals surface area contributed by atoms with Crippen molar-refractivity contribution in [1.29, 1.82) is 0 Å². The van der Waals surface area contributed by atoms with E-state index in [2.05, 4.69) is 4.98 Å². The first-order valence-electron chi connectivity index (χ1n) is 8.95. The highest BCUT2D eigenvalue weighted by molar-refractivity contribution is 6.23. The van der Waals surface area contributed by atoms with Gasteiger partial charge >= 0.3 is 6.18 Å². The summed E-state index contributed by atoms with van der Waals surface area (Å²) in [5, 5.41) is -0.184. The van der Waals surface area contributed by atoms with E-state index in [1.807, 2.05) is 0 Å². The minimum absolute atomic E-state index is 0.0719. The highest BCUT2D eigenvalue weighted by Crippen LogP contribution is 2.50. The number of nitrogens with zero attached hydrogens (tertiary/aromatic N) is 1. The number of rotatable bonds is 1. The minimum Gasteiger partial charge on any atom is -0.373 e. The second-order valence-corrected chi connectivity index (χ2v) is 7.58. The third-order valence-electron chi connectivity index (χ3n) is 5.99. The van der Waals surface area contributed by atoms with E-state index in [-0.39, 0.29) is 40.6 Å². The summed E-state index contributed by atoms with van der Waals surface area (Å²) in [5.74, 6) is -1.86. The molecule has 4 heterocycles. The normalized spacial score (nSPS) is 29.2. The number of alkyl halides is 3. The number of hydrogen-bond donors (Lipinski definition) is 1. The number of carbonyl (C=O) groups is 2. The van der Waals surface area contributed by atoms with Crippen molar-refractivity contribution < 1.29 is 27.5 Å². The van der Waals surface area contributed by atoms with Gasteiger partial charge in [0.15, 0.2) is 0 Å². The number of imide groups is 1. The minimum atomic E-state index is -4.70. The van der Waals surface area contributed by atoms with E-state index in [9.17, 15) is 27.6 Å². The number of halogens is 3. The Balaban J connectivity index is 1.66. The van der Waals surface area contributed by atoms with Crippen molar-refractivity contribution in [3.8, 4) is 0 Å². The van der Waals surface area contributed by atoms with Gasteiger partial charge in [0.2, 0.25) is 17.4 Å². The Kier molecular flexibility index (Phi) is 3.38. The fourth-order valence-corrected chi connectivity index (χ4v) is 4.83. The van der Waals surface area contributed by atoms with Crippen LogP contribution in [0.15, 0.2) is 23.0 Å². The van der Waals surface area contributed by atoms with Crippen LogP contribution in [0.3, 0.4) is 0 Å². The summed E-state index contributed by atoms with van der Waals surface area (Å²) in [6.07, 6.45) is -3.83. The number of aromatic amines is 1. The predicted molar refractivity (Wildman–Crippen MR) is 91.7 cm³/mol. The second-order valence-electron chi connectivity index (χ2n) is 7.58. The number of H-pyrrole nitrogens is 1. The molecule has 28 heavy (non-hydrogen) atoms. The van der Waals surface area contributed by atoms with Gasteiger partial charge in [0.25, 0.3) is 0 Å². The van der Waals surface area contributed by atoms with Gasteiger partial charge in [-0.15, -0.1) is 0 Å². The zero-order valence-electron chi connectivity index (χ0n) is 14.7. The standard InChI is InChI=1S/C19H15F3N2O4/c1-7-4-8-9(19(20,21)22)5-14(25)23-10(8)6-11(7)24-17(26)15-12-2-3-13(28-12)16(15)18(24)27/h4-6,12-13,15-16H,2-3H2,1H3,(H,23,25). The van der Waals surface area contributed by atoms with Gasteiger partial charge in [0, 0.05) is 11.5 Å². The fraction of sp³-hybridized carbons (Fsp3) is 0.421. The van der Waals surface area contributed by atoms with Crippen molar-refractivity contribution in [2.45, 2.75) is 38.1 Å². The van der Waals surface area contributed by atoms with Gasteiger partial charge in [-0.25, -0.2) is 4.90 Å². The lowest BCUT2D eigenvalue weighted by Crippen LogP contribution is -2.34. The molecule has 6 nitrogen and oxygen atoms in total. The Labute approximate surface area is 156 Å². The van der Waals surface area contributed by atoms with Crippen LogP contribution in [0.1, 0.15) is 24.0 Å². The molecule has 2 bridgehead atoms. The second kappa shape index (κ2) is 5.44. The molecular formula is C19H15F3N2O4. The maximum absolute atomic E-state index is 13.3. The molecule has 0 spiro atoms. The monoisotopic (exact) mass is 392 g/mol. The summed E-state index contributed by atoms with van der Waals surface area (Å²) in [6.45, 7) is 1.54. The Hall–Kier alpha value is -2.68. The van der Waals surface area contributed by atoms with E-state index in [0.717, 1.165) is 17.7 Å². The van der Waals surface area contributed by atoms with E-state index < -0.39 is 29.1 Å². The van der Waals surface area contributed by atoms with Crippen LogP contribution in [-0.2, 0) is 20.5 Å². The van der Waals surface area contributed by atoms with Crippen LogP contribution >= 0.6 is 0 Å². The van der Waals surface area contributed by atoms with Crippen LogP contribution in [0.5, 0.6) is 0 Å². The van der Waals surface area contributed by atoms with Crippen LogP contribution in [0, 0.1) is 18.8 Å². The molecule has 3 saturated heterocycles. The molecule has 146 valence electrons. The van der Waals surface area contributed by atoms with Crippen LogP contribution in [-0.4, -0.2) is 29.0 Å². The third-order valence-corrected chi connectivity index (χ3v) is 5.99. The Morgan fingerprint density at radius 3 is 2.21 bits per heavy atom. The van der Waals surface area contributed by atoms with Crippen molar-refractivity contribution in [3.05, 3.63) is 39.7 Å². The molecule has 0 saturated carbocycles. The smallest absolute Gasteiger partial charge is 0.373 e. The van der Waals surface area contributed by atoms with E-state index in [0.29, 0.717) is 11.6 Å². The number of aromatic nitrogens is 1. The molecule has 3 aliphatic rings. The molecule has 3 fully saturated rings. The molecule has 2 aromatic rings. The van der Waals surface area contributed by atoms with Crippen molar-refractivity contribution in [1.82, 2.24) is 4.98 Å². The molecule has 0 aliphatic carbocycles. The van der Waals surface area contributed by atoms with E-state index >= 15 is 0 Å². The molecule has 5 rings (SSSR count). The largest absolute Gasteiger partial charge is 0.417 e. The number of benzene rings is 1. The third kappa shape index (κ3) is 2.22. The zero-order valence-corrected chi connectivity index (χ0v) is 14.7. The molecule has 0 radical (unpaired) electrons. The summed E-state index contributed by atoms with van der Waals surface area (Å²) in [6, 6.07) is 3.04. The highest BCUT2D eigenvalue weighted by Gasteiger charge is 2.62. The topological polar surface area (TPSA) is 79.5 Å². The van der Waals surface area contributed by atoms with Gasteiger partial charge in [0.1, 0.15) is 0 Å². The number of ether oxygens (including phenoxy) is 1. The molecule has 9 heteroatoms. The van der Waals surface area contributed by atoms with Gasteiger partial charge in [0.05, 0.1) is 40.8 Å². The summed E-state index contributed by atoms with van der Waals surface area (Å²) in [5.41, 5.74) is -1.48. The fourth-order valence-electron chi connectivity index (χ4n) is 4.83. The van der Waals surface area contributed by atoms with Crippen LogP contribution < -0.4 is 10.5 Å². The lowest BCUT2D eigenvalue weighted by Gasteiger charge is -2.21. The van der Waals surface area contributed by atoms with E-state index in [1.54, 1.807) is 6.92 Å². The molecule has 4 unspecified atom stereocenters. The maximum Gasteiger partial charge on any atom is 0.417 e. The molecule has 4 atom stereocenters. The molecule has 1 aromatic heterocycles. The summed E-state index contributed by atoms with van der Waals surface area (Å²) in [7, 11) is 0. The average molecular weight is 392 g/mol. The number of aryl methyl sites for hydroxylation is 1. The van der Waals surface area contributed by atoms with Crippen LogP contribution in [0.4, 0.5) is 18.9 Å². The van der Waals surface area contributed by atoms with Gasteiger partial charge in [-0.05, 0) is 37.5 Å². The molecular weight excluding hydrogens is 377 g/mol. The van der Waals surface area contributed by atoms with Crippen molar-refractivity contribution in [3.63, 3.8) is 0 Å². The first-order chi connectivity index (χ1) is 13.2. The Morgan fingerprint density at radius 2 is 1.64 bits per heavy atom. The number of nitrogens with one attached hydrogen (secondary N) is 1. The lowest BCUT2D eigenvalue weighted by molar-refractivity contribution is -0.136. The maximum atomic E-state index is 13.3. The van der Waals surface area contributed by atoms with Gasteiger partial charge < -0.3 is 9.72 Å². The Bertz CT molecular complexity index is 1080. The van der Waals surface area contributed by atoms with Crippen molar-refractivity contribution in [2.75, 3.05) is 4.90 Å². The quantitative estimate of drug-likeness (QED) is 0.757. The molecule has 3 aliphatic heterocycles. The Morgan fingerprint density at radius 1 is 1.04 bits per heavy atom. The summed E-state index contributed by atoms with van der Waals surface area (Å²) in [4.78, 5) is 41.0. The highest BCUT2D eigenvalue weighted by atomic mass is 19.4.